The number of nitrogens with zero attached hydrogens (tertiary/aromatic N) is 3. The van der Waals surface area contributed by atoms with Crippen LogP contribution in [-0.2, 0) is 24.9 Å². The van der Waals surface area contributed by atoms with Crippen LogP contribution in [0.15, 0.2) is 60.9 Å². The molecule has 2 atom stereocenters. The standard InChI is InChI=1S/C22H21ClFN3O/c1-26-10-9-25-21(26)14-27(13-16-7-8-17(24)11-20(16)23)22(28)19-12-18(19)15-5-3-2-4-6-15/h2-11,18-19H,12-14H2,1H3/t18-,19+/m0/s1. The molecule has 2 aromatic carbocycles. The molecule has 4 rings (SSSR count). The smallest absolute Gasteiger partial charge is 0.227 e. The normalized spacial score (nSPS) is 18.1. The van der Waals surface area contributed by atoms with Crippen molar-refractivity contribution in [3.8, 4) is 0 Å². The van der Waals surface area contributed by atoms with Gasteiger partial charge in [0.15, 0.2) is 0 Å². The highest BCUT2D eigenvalue weighted by Gasteiger charge is 2.45. The maximum Gasteiger partial charge on any atom is 0.227 e. The van der Waals surface area contributed by atoms with Crippen LogP contribution in [0.4, 0.5) is 4.39 Å². The Kier molecular flexibility index (Phi) is 5.18. The van der Waals surface area contributed by atoms with Crippen molar-refractivity contribution in [2.24, 2.45) is 13.0 Å². The van der Waals surface area contributed by atoms with Gasteiger partial charge in [-0.05, 0) is 35.6 Å². The van der Waals surface area contributed by atoms with Gasteiger partial charge in [-0.25, -0.2) is 9.37 Å². The largest absolute Gasteiger partial charge is 0.337 e. The van der Waals surface area contributed by atoms with Crippen LogP contribution >= 0.6 is 11.6 Å². The summed E-state index contributed by atoms with van der Waals surface area (Å²) in [7, 11) is 1.90. The number of rotatable bonds is 6. The van der Waals surface area contributed by atoms with Gasteiger partial charge in [-0.15, -0.1) is 0 Å². The Balaban J connectivity index is 1.56. The number of aromatic nitrogens is 2. The molecule has 1 heterocycles. The molecule has 0 aliphatic heterocycles. The zero-order valence-corrected chi connectivity index (χ0v) is 16.3. The number of hydrogen-bond donors (Lipinski definition) is 0. The van der Waals surface area contributed by atoms with Gasteiger partial charge in [-0.3, -0.25) is 4.79 Å². The van der Waals surface area contributed by atoms with Crippen molar-refractivity contribution in [1.29, 1.82) is 0 Å². The molecule has 0 N–H and O–H groups in total. The minimum Gasteiger partial charge on any atom is -0.337 e. The lowest BCUT2D eigenvalue weighted by Gasteiger charge is -2.23. The number of halogens is 2. The second-order valence-corrected chi connectivity index (χ2v) is 7.65. The maximum absolute atomic E-state index is 13.4. The second-order valence-electron chi connectivity index (χ2n) is 7.24. The number of aryl methyl sites for hydroxylation is 1. The van der Waals surface area contributed by atoms with E-state index in [1.54, 1.807) is 17.2 Å². The number of benzene rings is 2. The Morgan fingerprint density at radius 3 is 2.71 bits per heavy atom. The third-order valence-electron chi connectivity index (χ3n) is 5.28. The van der Waals surface area contributed by atoms with Gasteiger partial charge in [-0.2, -0.15) is 0 Å². The fraction of sp³-hybridized carbons (Fsp3) is 0.273. The number of hydrogen-bond acceptors (Lipinski definition) is 2. The van der Waals surface area contributed by atoms with Crippen molar-refractivity contribution in [3.63, 3.8) is 0 Å². The predicted molar refractivity (Wildman–Crippen MR) is 106 cm³/mol. The molecule has 28 heavy (non-hydrogen) atoms. The molecular formula is C22H21ClFN3O. The Morgan fingerprint density at radius 2 is 2.04 bits per heavy atom. The van der Waals surface area contributed by atoms with Crippen LogP contribution < -0.4 is 0 Å². The minimum absolute atomic E-state index is 0.0399. The van der Waals surface area contributed by atoms with Crippen molar-refractivity contribution >= 4 is 17.5 Å². The molecule has 0 saturated heterocycles. The number of carbonyl (C=O) groups excluding carboxylic acids is 1. The summed E-state index contributed by atoms with van der Waals surface area (Å²) in [6.07, 6.45) is 4.41. The lowest BCUT2D eigenvalue weighted by Crippen LogP contribution is -2.32. The molecule has 144 valence electrons. The molecule has 0 unspecified atom stereocenters. The number of carbonyl (C=O) groups is 1. The van der Waals surface area contributed by atoms with Crippen LogP contribution in [0.5, 0.6) is 0 Å². The lowest BCUT2D eigenvalue weighted by atomic mass is 10.1. The van der Waals surface area contributed by atoms with E-state index in [0.717, 1.165) is 17.8 Å². The van der Waals surface area contributed by atoms with Crippen molar-refractivity contribution in [1.82, 2.24) is 14.5 Å². The molecule has 1 aliphatic rings. The fourth-order valence-corrected chi connectivity index (χ4v) is 3.78. The van der Waals surface area contributed by atoms with E-state index >= 15 is 0 Å². The van der Waals surface area contributed by atoms with Gasteiger partial charge >= 0.3 is 0 Å². The molecule has 6 heteroatoms. The zero-order valence-electron chi connectivity index (χ0n) is 15.6. The first kappa shape index (κ1) is 18.7. The average Bonchev–Trinajstić information content (AvgIpc) is 3.40. The average molecular weight is 398 g/mol. The van der Waals surface area contributed by atoms with Gasteiger partial charge in [0.25, 0.3) is 0 Å². The van der Waals surface area contributed by atoms with E-state index in [0.29, 0.717) is 18.1 Å². The van der Waals surface area contributed by atoms with Crippen LogP contribution in [0.2, 0.25) is 5.02 Å². The second kappa shape index (κ2) is 7.76. The molecule has 1 fully saturated rings. The predicted octanol–water partition coefficient (Wildman–Crippen LogP) is 4.55. The van der Waals surface area contributed by atoms with Gasteiger partial charge in [-0.1, -0.05) is 48.0 Å². The quantitative estimate of drug-likeness (QED) is 0.612. The number of imidazole rings is 1. The van der Waals surface area contributed by atoms with Gasteiger partial charge in [0.05, 0.1) is 6.54 Å². The van der Waals surface area contributed by atoms with E-state index in [-0.39, 0.29) is 23.6 Å². The summed E-state index contributed by atoms with van der Waals surface area (Å²) in [5.74, 6) is 0.700. The topological polar surface area (TPSA) is 38.1 Å². The molecule has 0 radical (unpaired) electrons. The van der Waals surface area contributed by atoms with Gasteiger partial charge in [0.1, 0.15) is 11.6 Å². The van der Waals surface area contributed by atoms with Crippen LogP contribution in [0.25, 0.3) is 0 Å². The van der Waals surface area contributed by atoms with E-state index in [1.807, 2.05) is 36.0 Å². The SMILES string of the molecule is Cn1ccnc1CN(Cc1ccc(F)cc1Cl)C(=O)[C@@H]1C[C@H]1c1ccccc1. The molecule has 3 aromatic rings. The molecule has 0 bridgehead atoms. The number of amides is 1. The zero-order chi connectivity index (χ0) is 19.7. The van der Waals surface area contributed by atoms with Crippen molar-refractivity contribution in [3.05, 3.63) is 88.7 Å². The van der Waals surface area contributed by atoms with Crippen LogP contribution in [-0.4, -0.2) is 20.4 Å². The van der Waals surface area contributed by atoms with Crippen LogP contribution in [0.3, 0.4) is 0 Å². The highest BCUT2D eigenvalue weighted by Crippen LogP contribution is 2.48. The third kappa shape index (κ3) is 3.94. The van der Waals surface area contributed by atoms with Crippen molar-refractivity contribution in [2.45, 2.75) is 25.4 Å². The summed E-state index contributed by atoms with van der Waals surface area (Å²) >= 11 is 6.21. The van der Waals surface area contributed by atoms with Crippen molar-refractivity contribution < 1.29 is 9.18 Å². The van der Waals surface area contributed by atoms with Crippen molar-refractivity contribution in [2.75, 3.05) is 0 Å². The molecule has 1 aliphatic carbocycles. The summed E-state index contributed by atoms with van der Waals surface area (Å²) in [5.41, 5.74) is 1.92. The van der Waals surface area contributed by atoms with E-state index in [2.05, 4.69) is 17.1 Å². The molecule has 1 amide bonds. The first-order valence-electron chi connectivity index (χ1n) is 9.27. The molecule has 1 aromatic heterocycles. The van der Waals surface area contributed by atoms with Gasteiger partial charge < -0.3 is 9.47 Å². The molecular weight excluding hydrogens is 377 g/mol. The summed E-state index contributed by atoms with van der Waals surface area (Å²) in [5, 5.41) is 0.327. The summed E-state index contributed by atoms with van der Waals surface area (Å²) in [6, 6.07) is 14.4. The highest BCUT2D eigenvalue weighted by molar-refractivity contribution is 6.31. The third-order valence-corrected chi connectivity index (χ3v) is 5.63. The molecule has 0 spiro atoms. The van der Waals surface area contributed by atoms with Crippen LogP contribution in [0.1, 0.15) is 29.3 Å². The van der Waals surface area contributed by atoms with E-state index in [4.69, 9.17) is 11.6 Å². The molecule has 1 saturated carbocycles. The van der Waals surface area contributed by atoms with Crippen LogP contribution in [0, 0.1) is 11.7 Å². The summed E-state index contributed by atoms with van der Waals surface area (Å²) < 4.78 is 15.3. The van der Waals surface area contributed by atoms with E-state index < -0.39 is 0 Å². The first-order valence-corrected chi connectivity index (χ1v) is 9.64. The summed E-state index contributed by atoms with van der Waals surface area (Å²) in [6.45, 7) is 0.705. The van der Waals surface area contributed by atoms with Gasteiger partial charge in [0.2, 0.25) is 5.91 Å². The lowest BCUT2D eigenvalue weighted by molar-refractivity contribution is -0.134. The first-order chi connectivity index (χ1) is 13.5. The van der Waals surface area contributed by atoms with Gasteiger partial charge in [0, 0.05) is 36.9 Å². The Bertz CT molecular complexity index is 988. The highest BCUT2D eigenvalue weighted by atomic mass is 35.5. The monoisotopic (exact) mass is 397 g/mol. The van der Waals surface area contributed by atoms with E-state index in [9.17, 15) is 9.18 Å². The summed E-state index contributed by atoms with van der Waals surface area (Å²) in [4.78, 5) is 19.4. The fourth-order valence-electron chi connectivity index (χ4n) is 3.56. The molecule has 4 nitrogen and oxygen atoms in total. The maximum atomic E-state index is 13.4. The Labute approximate surface area is 168 Å². The Hall–Kier alpha value is -2.66. The van der Waals surface area contributed by atoms with E-state index in [1.165, 1.54) is 17.7 Å². The Morgan fingerprint density at radius 1 is 1.25 bits per heavy atom. The minimum atomic E-state index is -0.387.